The van der Waals surface area contributed by atoms with Crippen molar-refractivity contribution in [3.63, 3.8) is 0 Å². The van der Waals surface area contributed by atoms with Gasteiger partial charge in [0.25, 0.3) is 17.7 Å². The second kappa shape index (κ2) is 9.72. The first-order valence-electron chi connectivity index (χ1n) is 11.2. The van der Waals surface area contributed by atoms with E-state index in [0.717, 1.165) is 10.0 Å². The smallest absolute Gasteiger partial charge is 0.273 e. The van der Waals surface area contributed by atoms with Crippen LogP contribution in [-0.4, -0.2) is 39.6 Å². The Labute approximate surface area is 208 Å². The summed E-state index contributed by atoms with van der Waals surface area (Å²) < 4.78 is 0. The highest BCUT2D eigenvalue weighted by Gasteiger charge is 2.54. The lowest BCUT2D eigenvalue weighted by atomic mass is 9.78. The summed E-state index contributed by atoms with van der Waals surface area (Å²) in [6.45, 7) is 3.61. The lowest BCUT2D eigenvalue weighted by Gasteiger charge is -2.36. The Bertz CT molecular complexity index is 1180. The molecule has 1 saturated heterocycles. The van der Waals surface area contributed by atoms with Gasteiger partial charge in [0.15, 0.2) is 5.78 Å². The van der Waals surface area contributed by atoms with Crippen molar-refractivity contribution in [2.24, 2.45) is 17.8 Å². The standard InChI is InChI=1S/C26H24Cl2N2O4/c1-3-21(23(31)16-9-5-4-6-10-16)29(24(32)17-12-13-19(27)20(28)14-17)30-25(33)18-11-7-8-15(2)22(18)26(30)34/h4-10,12-15,18,21-22H,3,11H2,1-2H3/t15-,18-,21-,22-/m1/s1. The van der Waals surface area contributed by atoms with Crippen LogP contribution < -0.4 is 0 Å². The van der Waals surface area contributed by atoms with Crippen molar-refractivity contribution in [2.75, 3.05) is 0 Å². The second-order valence-corrected chi connectivity index (χ2v) is 9.39. The Kier molecular flexibility index (Phi) is 6.91. The van der Waals surface area contributed by atoms with Crippen molar-refractivity contribution in [3.8, 4) is 0 Å². The van der Waals surface area contributed by atoms with Gasteiger partial charge in [0.05, 0.1) is 21.9 Å². The number of halogens is 2. The van der Waals surface area contributed by atoms with E-state index in [1.807, 2.05) is 19.1 Å². The molecule has 1 fully saturated rings. The number of Topliss-reactive ketones (excluding diaryl/α,β-unsaturated/α-hetero) is 1. The highest BCUT2D eigenvalue weighted by Crippen LogP contribution is 2.40. The van der Waals surface area contributed by atoms with Crippen LogP contribution in [0.3, 0.4) is 0 Å². The fourth-order valence-electron chi connectivity index (χ4n) is 4.74. The number of carbonyl (C=O) groups excluding carboxylic acids is 4. The number of ketones is 1. The molecule has 2 aromatic rings. The van der Waals surface area contributed by atoms with Gasteiger partial charge in [0.1, 0.15) is 6.04 Å². The summed E-state index contributed by atoms with van der Waals surface area (Å²) in [7, 11) is 0. The maximum atomic E-state index is 13.8. The molecule has 0 unspecified atom stereocenters. The van der Waals surface area contributed by atoms with E-state index in [4.69, 9.17) is 23.2 Å². The van der Waals surface area contributed by atoms with Gasteiger partial charge in [-0.1, -0.05) is 79.5 Å². The van der Waals surface area contributed by atoms with Gasteiger partial charge in [0, 0.05) is 11.1 Å². The zero-order chi connectivity index (χ0) is 24.6. The molecule has 6 nitrogen and oxygen atoms in total. The van der Waals surface area contributed by atoms with Crippen LogP contribution in [0, 0.1) is 17.8 Å². The van der Waals surface area contributed by atoms with Gasteiger partial charge in [-0.15, -0.1) is 0 Å². The van der Waals surface area contributed by atoms with Crippen molar-refractivity contribution in [1.29, 1.82) is 0 Å². The minimum atomic E-state index is -1.07. The number of hydrazine groups is 1. The average Bonchev–Trinajstić information content (AvgIpc) is 3.09. The maximum Gasteiger partial charge on any atom is 0.273 e. The van der Waals surface area contributed by atoms with Crippen molar-refractivity contribution in [3.05, 3.63) is 81.9 Å². The third kappa shape index (κ3) is 4.17. The molecule has 0 saturated carbocycles. The monoisotopic (exact) mass is 498 g/mol. The summed E-state index contributed by atoms with van der Waals surface area (Å²) in [4.78, 5) is 54.4. The van der Waals surface area contributed by atoms with E-state index in [1.54, 1.807) is 37.3 Å². The van der Waals surface area contributed by atoms with E-state index >= 15 is 0 Å². The molecule has 4 atom stereocenters. The van der Waals surface area contributed by atoms with Crippen molar-refractivity contribution in [2.45, 2.75) is 32.7 Å². The van der Waals surface area contributed by atoms with E-state index < -0.39 is 35.6 Å². The molecule has 0 N–H and O–H groups in total. The van der Waals surface area contributed by atoms with Crippen LogP contribution in [0.2, 0.25) is 10.0 Å². The third-order valence-electron chi connectivity index (χ3n) is 6.48. The Morgan fingerprint density at radius 3 is 2.35 bits per heavy atom. The number of nitrogens with zero attached hydrogens (tertiary/aromatic N) is 2. The first-order chi connectivity index (χ1) is 16.3. The fraction of sp³-hybridized carbons (Fsp3) is 0.308. The van der Waals surface area contributed by atoms with Gasteiger partial charge >= 0.3 is 0 Å². The van der Waals surface area contributed by atoms with Gasteiger partial charge in [0.2, 0.25) is 0 Å². The van der Waals surface area contributed by atoms with Crippen molar-refractivity contribution >= 4 is 46.7 Å². The highest BCUT2D eigenvalue weighted by atomic mass is 35.5. The number of fused-ring (bicyclic) bond motifs is 1. The lowest BCUT2D eigenvalue weighted by Crippen LogP contribution is -2.57. The zero-order valence-electron chi connectivity index (χ0n) is 18.8. The number of imide groups is 1. The third-order valence-corrected chi connectivity index (χ3v) is 7.22. The van der Waals surface area contributed by atoms with Crippen LogP contribution in [-0.2, 0) is 9.59 Å². The van der Waals surface area contributed by atoms with Gasteiger partial charge in [-0.25, -0.2) is 5.01 Å². The summed E-state index contributed by atoms with van der Waals surface area (Å²) >= 11 is 12.2. The second-order valence-electron chi connectivity index (χ2n) is 8.58. The Hall–Kier alpha value is -2.96. The molecule has 0 radical (unpaired) electrons. The van der Waals surface area contributed by atoms with Crippen LogP contribution in [0.25, 0.3) is 0 Å². The summed E-state index contributed by atoms with van der Waals surface area (Å²) in [5.74, 6) is -3.29. The molecular weight excluding hydrogens is 475 g/mol. The molecule has 3 amide bonds. The molecule has 4 rings (SSSR count). The van der Waals surface area contributed by atoms with Crippen molar-refractivity contribution < 1.29 is 19.2 Å². The molecule has 2 aliphatic rings. The number of hydrogen-bond acceptors (Lipinski definition) is 4. The minimum absolute atomic E-state index is 0.121. The number of rotatable bonds is 6. The summed E-state index contributed by atoms with van der Waals surface area (Å²) in [6.07, 6.45) is 4.40. The predicted octanol–water partition coefficient (Wildman–Crippen LogP) is 5.21. The van der Waals surface area contributed by atoms with Gasteiger partial charge in [-0.2, -0.15) is 5.01 Å². The molecule has 0 bridgehead atoms. The number of carbonyl (C=O) groups is 4. The quantitative estimate of drug-likeness (QED) is 0.311. The largest absolute Gasteiger partial charge is 0.292 e. The first kappa shape index (κ1) is 24.2. The minimum Gasteiger partial charge on any atom is -0.292 e. The number of benzene rings is 2. The molecule has 1 aliphatic carbocycles. The van der Waals surface area contributed by atoms with Crippen LogP contribution in [0.4, 0.5) is 0 Å². The predicted molar refractivity (Wildman–Crippen MR) is 129 cm³/mol. The summed E-state index contributed by atoms with van der Waals surface area (Å²) in [5.41, 5.74) is 0.503. The Balaban J connectivity index is 1.81. The van der Waals surface area contributed by atoms with Gasteiger partial charge in [-0.05, 0) is 37.0 Å². The van der Waals surface area contributed by atoms with Crippen LogP contribution in [0.1, 0.15) is 47.4 Å². The zero-order valence-corrected chi connectivity index (χ0v) is 20.3. The average molecular weight is 499 g/mol. The Morgan fingerprint density at radius 2 is 1.74 bits per heavy atom. The number of amides is 3. The lowest BCUT2D eigenvalue weighted by molar-refractivity contribution is -0.156. The molecule has 8 heteroatoms. The van der Waals surface area contributed by atoms with E-state index in [1.165, 1.54) is 18.2 Å². The van der Waals surface area contributed by atoms with E-state index in [9.17, 15) is 19.2 Å². The molecule has 1 heterocycles. The molecular formula is C26H24Cl2N2O4. The number of hydrogen-bond donors (Lipinski definition) is 0. The molecule has 176 valence electrons. The normalized spacial score (nSPS) is 22.5. The molecule has 34 heavy (non-hydrogen) atoms. The molecule has 1 aliphatic heterocycles. The SMILES string of the molecule is CC[C@H](C(=O)c1ccccc1)N(C(=O)c1ccc(Cl)c(Cl)c1)N1C(=O)[C@@H]2[C@H](C)C=CC[C@H]2C1=O. The molecule has 2 aromatic carbocycles. The Morgan fingerprint density at radius 1 is 1.03 bits per heavy atom. The fourth-order valence-corrected chi connectivity index (χ4v) is 5.04. The van der Waals surface area contributed by atoms with E-state index in [2.05, 4.69) is 0 Å². The van der Waals surface area contributed by atoms with Gasteiger partial charge in [-0.3, -0.25) is 19.2 Å². The van der Waals surface area contributed by atoms with Crippen molar-refractivity contribution in [1.82, 2.24) is 10.0 Å². The number of allylic oxidation sites excluding steroid dienone is 2. The van der Waals surface area contributed by atoms with Crippen LogP contribution in [0.15, 0.2) is 60.7 Å². The van der Waals surface area contributed by atoms with E-state index in [-0.39, 0.29) is 33.7 Å². The maximum absolute atomic E-state index is 13.8. The molecule has 0 spiro atoms. The van der Waals surface area contributed by atoms with Gasteiger partial charge < -0.3 is 0 Å². The topological polar surface area (TPSA) is 74.8 Å². The first-order valence-corrected chi connectivity index (χ1v) is 11.9. The highest BCUT2D eigenvalue weighted by molar-refractivity contribution is 6.42. The van der Waals surface area contributed by atoms with E-state index in [0.29, 0.717) is 12.0 Å². The van der Waals surface area contributed by atoms with Crippen LogP contribution in [0.5, 0.6) is 0 Å². The molecule has 0 aromatic heterocycles. The summed E-state index contributed by atoms with van der Waals surface area (Å²) in [5, 5.41) is 2.35. The summed E-state index contributed by atoms with van der Waals surface area (Å²) in [6, 6.07) is 11.8. The van der Waals surface area contributed by atoms with Crippen LogP contribution >= 0.6 is 23.2 Å².